The van der Waals surface area contributed by atoms with Crippen molar-refractivity contribution in [1.82, 2.24) is 0 Å². The monoisotopic (exact) mass is 193 g/mol. The van der Waals surface area contributed by atoms with Crippen LogP contribution < -0.4 is 0 Å². The summed E-state index contributed by atoms with van der Waals surface area (Å²) in [5, 5.41) is 0. The van der Waals surface area contributed by atoms with E-state index in [-0.39, 0.29) is 0 Å². The van der Waals surface area contributed by atoms with Gasteiger partial charge in [-0.15, -0.1) is 0 Å². The minimum Gasteiger partial charge on any atom is -0.380 e. The molecular weight excluding hydrogens is 188 g/mol. The quantitative estimate of drug-likeness (QED) is 0.516. The molecule has 0 N–H and O–H groups in total. The van der Waals surface area contributed by atoms with E-state index in [0.717, 1.165) is 7.11 Å². The van der Waals surface area contributed by atoms with Crippen LogP contribution >= 0.6 is 0 Å². The number of halogens is 4. The van der Waals surface area contributed by atoms with Crippen molar-refractivity contribution in [1.29, 1.82) is 0 Å². The van der Waals surface area contributed by atoms with Gasteiger partial charge in [0.05, 0.1) is 18.2 Å². The normalized spacial score (nSPS) is 10.5. The predicted molar refractivity (Wildman–Crippen MR) is 35.8 cm³/mol. The van der Waals surface area contributed by atoms with E-state index in [2.05, 4.69) is 4.74 Å². The van der Waals surface area contributed by atoms with Crippen LogP contribution in [0.5, 0.6) is 0 Å². The van der Waals surface area contributed by atoms with E-state index in [1.54, 1.807) is 0 Å². The van der Waals surface area contributed by atoms with Crippen LogP contribution in [0.25, 0.3) is 0 Å². The van der Waals surface area contributed by atoms with Crippen LogP contribution in [-0.2, 0) is 11.3 Å². The zero-order valence-corrected chi connectivity index (χ0v) is 6.63. The minimum absolute atomic E-state index is 0.528. The van der Waals surface area contributed by atoms with Gasteiger partial charge in [-0.25, -0.2) is 17.6 Å². The van der Waals surface area contributed by atoms with Gasteiger partial charge < -0.3 is 4.74 Å². The molecule has 0 bridgehead atoms. The number of rotatable bonds is 2. The van der Waals surface area contributed by atoms with Crippen LogP contribution in [0.1, 0.15) is 5.56 Å². The fraction of sp³-hybridized carbons (Fsp3) is 0.250. The number of hydrogen-bond acceptors (Lipinski definition) is 1. The highest BCUT2D eigenvalue weighted by Crippen LogP contribution is 2.19. The molecule has 0 atom stereocenters. The predicted octanol–water partition coefficient (Wildman–Crippen LogP) is 2.19. The Labute approximate surface area is 71.9 Å². The largest absolute Gasteiger partial charge is 0.380 e. The van der Waals surface area contributed by atoms with Gasteiger partial charge in [-0.3, -0.25) is 0 Å². The molecule has 0 aliphatic rings. The Kier molecular flexibility index (Phi) is 2.87. The van der Waals surface area contributed by atoms with Gasteiger partial charge in [0.15, 0.2) is 23.3 Å². The maximum Gasteiger partial charge on any atom is 0.170 e. The molecule has 1 rings (SSSR count). The lowest BCUT2D eigenvalue weighted by molar-refractivity contribution is 0.175. The van der Waals surface area contributed by atoms with Gasteiger partial charge in [-0.1, -0.05) is 0 Å². The van der Waals surface area contributed by atoms with E-state index >= 15 is 0 Å². The van der Waals surface area contributed by atoms with Crippen molar-refractivity contribution < 1.29 is 22.3 Å². The first-order valence-corrected chi connectivity index (χ1v) is 3.31. The second-order valence-electron chi connectivity index (χ2n) is 2.29. The van der Waals surface area contributed by atoms with Crippen molar-refractivity contribution in [3.05, 3.63) is 34.9 Å². The molecule has 1 radical (unpaired) electrons. The van der Waals surface area contributed by atoms with E-state index in [4.69, 9.17) is 0 Å². The Morgan fingerprint density at radius 3 is 1.92 bits per heavy atom. The van der Waals surface area contributed by atoms with Gasteiger partial charge in [0, 0.05) is 7.11 Å². The average Bonchev–Trinajstić information content (AvgIpc) is 2.09. The summed E-state index contributed by atoms with van der Waals surface area (Å²) < 4.78 is 54.7. The molecule has 1 aromatic carbocycles. The highest BCUT2D eigenvalue weighted by Gasteiger charge is 2.18. The first kappa shape index (κ1) is 9.98. The zero-order valence-electron chi connectivity index (χ0n) is 6.63. The maximum atomic E-state index is 12.7. The van der Waals surface area contributed by atoms with Crippen molar-refractivity contribution in [2.75, 3.05) is 7.11 Å². The van der Waals surface area contributed by atoms with Crippen molar-refractivity contribution in [2.24, 2.45) is 0 Å². The summed E-state index contributed by atoms with van der Waals surface area (Å²) >= 11 is 0. The Morgan fingerprint density at radius 2 is 1.54 bits per heavy atom. The van der Waals surface area contributed by atoms with E-state index < -0.39 is 35.4 Å². The van der Waals surface area contributed by atoms with Crippen LogP contribution in [0.4, 0.5) is 17.6 Å². The molecule has 0 aliphatic carbocycles. The smallest absolute Gasteiger partial charge is 0.170 e. The molecule has 1 aromatic rings. The molecule has 0 amide bonds. The number of ether oxygens (including phenoxy) is 1. The summed E-state index contributed by atoms with van der Waals surface area (Å²) in [7, 11) is 1.16. The molecule has 0 unspecified atom stereocenters. The lowest BCUT2D eigenvalue weighted by Crippen LogP contribution is -2.03. The van der Waals surface area contributed by atoms with Gasteiger partial charge in [0.25, 0.3) is 0 Å². The number of methoxy groups -OCH3 is 1. The zero-order chi connectivity index (χ0) is 10.0. The lowest BCUT2D eigenvalue weighted by Gasteiger charge is -2.04. The molecule has 0 heterocycles. The van der Waals surface area contributed by atoms with Gasteiger partial charge >= 0.3 is 0 Å². The summed E-state index contributed by atoms with van der Waals surface area (Å²) in [6, 6.07) is 1.27. The lowest BCUT2D eigenvalue weighted by atomic mass is 10.2. The van der Waals surface area contributed by atoms with Gasteiger partial charge in [0.2, 0.25) is 0 Å². The SMILES string of the molecule is COCc1c(F)c(F)[c]c(F)c1F. The van der Waals surface area contributed by atoms with Crippen molar-refractivity contribution in [3.63, 3.8) is 0 Å². The summed E-state index contributed by atoms with van der Waals surface area (Å²) in [5.74, 6) is -6.04. The highest BCUT2D eigenvalue weighted by atomic mass is 19.2. The van der Waals surface area contributed by atoms with E-state index in [9.17, 15) is 17.6 Å². The Morgan fingerprint density at radius 1 is 1.08 bits per heavy atom. The van der Waals surface area contributed by atoms with Crippen LogP contribution in [0.3, 0.4) is 0 Å². The van der Waals surface area contributed by atoms with E-state index in [1.165, 1.54) is 6.07 Å². The van der Waals surface area contributed by atoms with Crippen LogP contribution in [0.2, 0.25) is 0 Å². The van der Waals surface area contributed by atoms with Gasteiger partial charge in [0.1, 0.15) is 0 Å². The molecule has 0 aromatic heterocycles. The first-order chi connectivity index (χ1) is 6.07. The third-order valence-corrected chi connectivity index (χ3v) is 1.42. The maximum absolute atomic E-state index is 12.7. The van der Waals surface area contributed by atoms with Crippen LogP contribution in [0.15, 0.2) is 0 Å². The first-order valence-electron chi connectivity index (χ1n) is 3.31. The summed E-state index contributed by atoms with van der Waals surface area (Å²) in [5.41, 5.74) is -0.767. The number of benzene rings is 1. The van der Waals surface area contributed by atoms with Crippen LogP contribution in [0, 0.1) is 29.3 Å². The fourth-order valence-corrected chi connectivity index (χ4v) is 0.838. The Hall–Kier alpha value is -1.10. The molecule has 71 valence electrons. The summed E-state index contributed by atoms with van der Waals surface area (Å²) in [4.78, 5) is 0. The molecule has 1 nitrogen and oxygen atoms in total. The standard InChI is InChI=1S/C8H5F4O/c1-13-3-4-7(11)5(9)2-6(10)8(4)12/h3H2,1H3. The Bertz CT molecular complexity index is 298. The third-order valence-electron chi connectivity index (χ3n) is 1.42. The molecule has 13 heavy (non-hydrogen) atoms. The molecular formula is C8H5F4O. The second kappa shape index (κ2) is 3.74. The summed E-state index contributed by atoms with van der Waals surface area (Å²) in [6.45, 7) is -0.528. The molecule has 0 saturated heterocycles. The number of hydrogen-bond donors (Lipinski definition) is 0. The molecule has 0 fully saturated rings. The minimum atomic E-state index is -1.55. The van der Waals surface area contributed by atoms with Crippen LogP contribution in [-0.4, -0.2) is 7.11 Å². The van der Waals surface area contributed by atoms with Crippen molar-refractivity contribution >= 4 is 0 Å². The summed E-state index contributed by atoms with van der Waals surface area (Å²) in [6.07, 6.45) is 0. The third kappa shape index (κ3) is 1.80. The molecule has 5 heteroatoms. The van der Waals surface area contributed by atoms with E-state index in [0.29, 0.717) is 0 Å². The average molecular weight is 193 g/mol. The van der Waals surface area contributed by atoms with Crippen molar-refractivity contribution in [3.8, 4) is 0 Å². The van der Waals surface area contributed by atoms with Gasteiger partial charge in [-0.2, -0.15) is 0 Å². The van der Waals surface area contributed by atoms with Crippen molar-refractivity contribution in [2.45, 2.75) is 6.61 Å². The Balaban J connectivity index is 3.28. The molecule has 0 spiro atoms. The topological polar surface area (TPSA) is 9.23 Å². The van der Waals surface area contributed by atoms with Gasteiger partial charge in [-0.05, 0) is 0 Å². The highest BCUT2D eigenvalue weighted by molar-refractivity contribution is 5.20. The fourth-order valence-electron chi connectivity index (χ4n) is 0.838. The molecule has 0 aliphatic heterocycles. The second-order valence-corrected chi connectivity index (χ2v) is 2.29. The molecule has 0 saturated carbocycles. The van der Waals surface area contributed by atoms with E-state index in [1.807, 2.05) is 0 Å².